The van der Waals surface area contributed by atoms with Crippen LogP contribution in [0.4, 0.5) is 4.39 Å². The number of hydrogen-bond acceptors (Lipinski definition) is 4. The molecule has 4 rings (SSSR count). The Morgan fingerprint density at radius 3 is 2.61 bits per heavy atom. The third kappa shape index (κ3) is 5.53. The van der Waals surface area contributed by atoms with Crippen LogP contribution in [0, 0.1) is 12.9 Å². The average molecular weight is 491 g/mol. The van der Waals surface area contributed by atoms with Crippen molar-refractivity contribution in [1.82, 2.24) is 20.2 Å². The van der Waals surface area contributed by atoms with Gasteiger partial charge in [0.15, 0.2) is 0 Å². The molecule has 36 heavy (non-hydrogen) atoms. The molecule has 3 aromatic rings. The van der Waals surface area contributed by atoms with E-state index in [1.165, 1.54) is 6.20 Å². The molecular formula is C28H31FN4O3. The normalized spacial score (nSPS) is 16.2. The standard InChI is InChI=1S/C28H31FN4O3/c1-17(2)21-11-12-22(31-26(21)29)25(20-8-5-4-6-9-20)32-28(36)23-10-7-13-33(23)24(34)15-19-14-18(3)27(35)30-16-19/h4-6,8-9,11-12,14,16-17,23,25H,7,10,13,15H2,1-3H3,(H,30,35)(H,32,36)/t23-,25-/m0/s1. The molecule has 0 aliphatic carbocycles. The van der Waals surface area contributed by atoms with Gasteiger partial charge in [0.1, 0.15) is 6.04 Å². The van der Waals surface area contributed by atoms with E-state index in [4.69, 9.17) is 0 Å². The Kier molecular flexibility index (Phi) is 7.62. The van der Waals surface area contributed by atoms with Crippen molar-refractivity contribution in [1.29, 1.82) is 0 Å². The zero-order valence-electron chi connectivity index (χ0n) is 20.8. The smallest absolute Gasteiger partial charge is 0.250 e. The van der Waals surface area contributed by atoms with Crippen LogP contribution in [-0.2, 0) is 16.0 Å². The van der Waals surface area contributed by atoms with Gasteiger partial charge in [-0.05, 0) is 48.9 Å². The molecule has 3 heterocycles. The van der Waals surface area contributed by atoms with Crippen molar-refractivity contribution in [2.45, 2.75) is 58.0 Å². The molecule has 7 nitrogen and oxygen atoms in total. The van der Waals surface area contributed by atoms with Gasteiger partial charge in [-0.2, -0.15) is 4.39 Å². The minimum absolute atomic E-state index is 0.0133. The van der Waals surface area contributed by atoms with Crippen LogP contribution >= 0.6 is 0 Å². The number of carbonyl (C=O) groups excluding carboxylic acids is 2. The zero-order valence-corrected chi connectivity index (χ0v) is 20.8. The van der Waals surface area contributed by atoms with Crippen molar-refractivity contribution >= 4 is 11.8 Å². The summed E-state index contributed by atoms with van der Waals surface area (Å²) in [7, 11) is 0. The largest absolute Gasteiger partial charge is 0.342 e. The molecule has 2 atom stereocenters. The maximum Gasteiger partial charge on any atom is 0.250 e. The van der Waals surface area contributed by atoms with Crippen molar-refractivity contribution in [3.05, 3.63) is 99.0 Å². The predicted octanol–water partition coefficient (Wildman–Crippen LogP) is 3.78. The first-order chi connectivity index (χ1) is 17.2. The summed E-state index contributed by atoms with van der Waals surface area (Å²) in [6, 6.07) is 13.1. The molecule has 1 aliphatic rings. The number of aromatic nitrogens is 2. The summed E-state index contributed by atoms with van der Waals surface area (Å²) >= 11 is 0. The fourth-order valence-electron chi connectivity index (χ4n) is 4.64. The van der Waals surface area contributed by atoms with E-state index in [1.54, 1.807) is 30.0 Å². The van der Waals surface area contributed by atoms with E-state index in [-0.39, 0.29) is 29.7 Å². The SMILES string of the molecule is Cc1cc(CC(=O)N2CCC[C@H]2C(=O)N[C@@H](c2ccccc2)c2ccc(C(C)C)c(F)n2)c[nH]c1=O. The number of benzene rings is 1. The molecule has 2 N–H and O–H groups in total. The van der Waals surface area contributed by atoms with Gasteiger partial charge in [-0.3, -0.25) is 14.4 Å². The molecular weight excluding hydrogens is 459 g/mol. The molecule has 188 valence electrons. The lowest BCUT2D eigenvalue weighted by atomic mass is 9.99. The monoisotopic (exact) mass is 490 g/mol. The Balaban J connectivity index is 1.55. The predicted molar refractivity (Wildman–Crippen MR) is 135 cm³/mol. The minimum atomic E-state index is -0.659. The number of carbonyl (C=O) groups is 2. The van der Waals surface area contributed by atoms with E-state index in [9.17, 15) is 18.8 Å². The number of hydrogen-bond donors (Lipinski definition) is 2. The van der Waals surface area contributed by atoms with E-state index in [1.807, 2.05) is 44.2 Å². The number of aryl methyl sites for hydroxylation is 1. The Morgan fingerprint density at radius 2 is 1.94 bits per heavy atom. The average Bonchev–Trinajstić information content (AvgIpc) is 3.35. The number of aromatic amines is 1. The first-order valence-corrected chi connectivity index (χ1v) is 12.2. The van der Waals surface area contributed by atoms with Crippen LogP contribution in [0.3, 0.4) is 0 Å². The summed E-state index contributed by atoms with van der Waals surface area (Å²) < 4.78 is 14.7. The lowest BCUT2D eigenvalue weighted by Crippen LogP contribution is -2.47. The molecule has 1 saturated heterocycles. The van der Waals surface area contributed by atoms with Crippen LogP contribution in [0.1, 0.15) is 66.6 Å². The molecule has 1 aromatic carbocycles. The summed E-state index contributed by atoms with van der Waals surface area (Å²) in [5.41, 5.74) is 2.72. The lowest BCUT2D eigenvalue weighted by molar-refractivity contribution is -0.138. The van der Waals surface area contributed by atoms with Gasteiger partial charge in [-0.1, -0.05) is 50.2 Å². The second-order valence-corrected chi connectivity index (χ2v) is 9.57. The first-order valence-electron chi connectivity index (χ1n) is 12.2. The molecule has 1 fully saturated rings. The molecule has 2 amide bonds. The number of rotatable bonds is 7. The number of nitrogens with one attached hydrogen (secondary N) is 2. The highest BCUT2D eigenvalue weighted by Crippen LogP contribution is 2.26. The second kappa shape index (κ2) is 10.8. The second-order valence-electron chi connectivity index (χ2n) is 9.57. The van der Waals surface area contributed by atoms with Gasteiger partial charge in [0, 0.05) is 23.9 Å². The number of likely N-dealkylation sites (tertiary alicyclic amines) is 1. The third-order valence-corrected chi connectivity index (χ3v) is 6.62. The van der Waals surface area contributed by atoms with Crippen LogP contribution in [0.2, 0.25) is 0 Å². The van der Waals surface area contributed by atoms with E-state index >= 15 is 0 Å². The highest BCUT2D eigenvalue weighted by Gasteiger charge is 2.35. The van der Waals surface area contributed by atoms with Crippen molar-refractivity contribution in [2.75, 3.05) is 6.54 Å². The zero-order chi connectivity index (χ0) is 25.8. The molecule has 8 heteroatoms. The number of amides is 2. The molecule has 0 spiro atoms. The van der Waals surface area contributed by atoms with Gasteiger partial charge >= 0.3 is 0 Å². The number of pyridine rings is 2. The molecule has 1 aliphatic heterocycles. The Hall–Kier alpha value is -3.81. The summed E-state index contributed by atoms with van der Waals surface area (Å²) in [6.07, 6.45) is 2.87. The van der Waals surface area contributed by atoms with Gasteiger partial charge in [0.05, 0.1) is 18.2 Å². The third-order valence-electron chi connectivity index (χ3n) is 6.62. The quantitative estimate of drug-likeness (QED) is 0.493. The lowest BCUT2D eigenvalue weighted by Gasteiger charge is -2.27. The van der Waals surface area contributed by atoms with Gasteiger partial charge in [-0.15, -0.1) is 0 Å². The van der Waals surface area contributed by atoms with Crippen molar-refractivity contribution in [3.63, 3.8) is 0 Å². The van der Waals surface area contributed by atoms with Crippen LogP contribution in [-0.4, -0.2) is 39.3 Å². The van der Waals surface area contributed by atoms with E-state index in [0.29, 0.717) is 41.8 Å². The molecule has 0 bridgehead atoms. The summed E-state index contributed by atoms with van der Waals surface area (Å²) in [6.45, 7) is 5.96. The molecule has 0 unspecified atom stereocenters. The van der Waals surface area contributed by atoms with Crippen LogP contribution in [0.25, 0.3) is 0 Å². The minimum Gasteiger partial charge on any atom is -0.342 e. The molecule has 0 radical (unpaired) electrons. The van der Waals surface area contributed by atoms with Crippen molar-refractivity contribution in [3.8, 4) is 0 Å². The molecule has 2 aromatic heterocycles. The van der Waals surface area contributed by atoms with Gasteiger partial charge < -0.3 is 15.2 Å². The Morgan fingerprint density at radius 1 is 1.19 bits per heavy atom. The molecule has 0 saturated carbocycles. The summed E-state index contributed by atoms with van der Waals surface area (Å²) in [4.78, 5) is 46.6. The topological polar surface area (TPSA) is 95.2 Å². The van der Waals surface area contributed by atoms with Crippen LogP contribution in [0.5, 0.6) is 0 Å². The number of nitrogens with zero attached hydrogens (tertiary/aromatic N) is 2. The highest BCUT2D eigenvalue weighted by molar-refractivity contribution is 5.89. The maximum absolute atomic E-state index is 14.7. The van der Waals surface area contributed by atoms with Crippen LogP contribution < -0.4 is 10.9 Å². The maximum atomic E-state index is 14.7. The first kappa shape index (κ1) is 25.3. The van der Waals surface area contributed by atoms with E-state index < -0.39 is 18.0 Å². The Labute approximate surface area is 209 Å². The van der Waals surface area contributed by atoms with E-state index in [2.05, 4.69) is 15.3 Å². The van der Waals surface area contributed by atoms with Gasteiger partial charge in [-0.25, -0.2) is 4.98 Å². The van der Waals surface area contributed by atoms with E-state index in [0.717, 1.165) is 5.56 Å². The van der Waals surface area contributed by atoms with Crippen molar-refractivity contribution < 1.29 is 14.0 Å². The Bertz CT molecular complexity index is 1310. The fraction of sp³-hybridized carbons (Fsp3) is 0.357. The fourth-order valence-corrected chi connectivity index (χ4v) is 4.64. The highest BCUT2D eigenvalue weighted by atomic mass is 19.1. The summed E-state index contributed by atoms with van der Waals surface area (Å²) in [5, 5.41) is 3.02. The number of halogens is 1. The van der Waals surface area contributed by atoms with Gasteiger partial charge in [0.2, 0.25) is 17.8 Å². The summed E-state index contributed by atoms with van der Waals surface area (Å²) in [5.74, 6) is -1.05. The van der Waals surface area contributed by atoms with Crippen molar-refractivity contribution in [2.24, 2.45) is 0 Å². The van der Waals surface area contributed by atoms with Gasteiger partial charge in [0.25, 0.3) is 5.56 Å². The van der Waals surface area contributed by atoms with Crippen LogP contribution in [0.15, 0.2) is 59.5 Å². The number of H-pyrrole nitrogens is 1.